The number of likely N-dealkylation sites (N-methyl/N-ethyl adjacent to an activating group) is 1. The summed E-state index contributed by atoms with van der Waals surface area (Å²) >= 11 is 5.99. The smallest absolute Gasteiger partial charge is 0.123 e. The van der Waals surface area contributed by atoms with Gasteiger partial charge in [0.25, 0.3) is 0 Å². The van der Waals surface area contributed by atoms with Crippen molar-refractivity contribution in [2.24, 2.45) is 0 Å². The number of halogens is 2. The SMILES string of the molecule is CN1CCC(NCc2cc(F)ccc2Cl)C1. The summed E-state index contributed by atoms with van der Waals surface area (Å²) < 4.78 is 13.0. The van der Waals surface area contributed by atoms with Crippen molar-refractivity contribution in [2.75, 3.05) is 20.1 Å². The van der Waals surface area contributed by atoms with Crippen LogP contribution >= 0.6 is 11.6 Å². The molecular weight excluding hydrogens is 227 g/mol. The van der Waals surface area contributed by atoms with Gasteiger partial charge in [-0.2, -0.15) is 0 Å². The van der Waals surface area contributed by atoms with Gasteiger partial charge in [0.1, 0.15) is 5.82 Å². The van der Waals surface area contributed by atoms with Gasteiger partial charge in [0.15, 0.2) is 0 Å². The zero-order valence-electron chi connectivity index (χ0n) is 9.34. The molecule has 1 saturated heterocycles. The summed E-state index contributed by atoms with van der Waals surface area (Å²) in [5.74, 6) is -0.232. The van der Waals surface area contributed by atoms with E-state index in [9.17, 15) is 4.39 Å². The van der Waals surface area contributed by atoms with E-state index in [2.05, 4.69) is 17.3 Å². The number of likely N-dealkylation sites (tertiary alicyclic amines) is 1. The summed E-state index contributed by atoms with van der Waals surface area (Å²) in [6.45, 7) is 2.80. The monoisotopic (exact) mass is 242 g/mol. The van der Waals surface area contributed by atoms with Gasteiger partial charge in [0.2, 0.25) is 0 Å². The zero-order chi connectivity index (χ0) is 11.5. The minimum Gasteiger partial charge on any atom is -0.309 e. The van der Waals surface area contributed by atoms with Gasteiger partial charge in [0.05, 0.1) is 0 Å². The molecule has 0 bridgehead atoms. The molecule has 0 radical (unpaired) electrons. The number of hydrogen-bond acceptors (Lipinski definition) is 2. The number of nitrogens with zero attached hydrogens (tertiary/aromatic N) is 1. The van der Waals surface area contributed by atoms with E-state index in [4.69, 9.17) is 11.6 Å². The molecule has 1 aliphatic rings. The van der Waals surface area contributed by atoms with Crippen molar-refractivity contribution in [2.45, 2.75) is 19.0 Å². The molecule has 1 N–H and O–H groups in total. The van der Waals surface area contributed by atoms with E-state index in [0.29, 0.717) is 17.6 Å². The molecule has 1 aromatic carbocycles. The van der Waals surface area contributed by atoms with Gasteiger partial charge in [-0.05, 0) is 43.8 Å². The van der Waals surface area contributed by atoms with Crippen LogP contribution in [0.2, 0.25) is 5.02 Å². The van der Waals surface area contributed by atoms with Crippen molar-refractivity contribution in [3.63, 3.8) is 0 Å². The molecule has 1 aromatic rings. The van der Waals surface area contributed by atoms with Crippen LogP contribution in [-0.2, 0) is 6.54 Å². The molecule has 2 rings (SSSR count). The van der Waals surface area contributed by atoms with E-state index >= 15 is 0 Å². The van der Waals surface area contributed by atoms with Gasteiger partial charge in [-0.15, -0.1) is 0 Å². The molecule has 88 valence electrons. The second kappa shape index (κ2) is 5.13. The molecule has 1 fully saturated rings. The Bertz CT molecular complexity index is 370. The highest BCUT2D eigenvalue weighted by Gasteiger charge is 2.18. The van der Waals surface area contributed by atoms with Crippen molar-refractivity contribution in [3.8, 4) is 0 Å². The van der Waals surface area contributed by atoms with Crippen molar-refractivity contribution >= 4 is 11.6 Å². The molecule has 1 atom stereocenters. The van der Waals surface area contributed by atoms with Crippen LogP contribution in [0.15, 0.2) is 18.2 Å². The van der Waals surface area contributed by atoms with Crippen LogP contribution in [0.5, 0.6) is 0 Å². The van der Waals surface area contributed by atoms with E-state index in [1.807, 2.05) is 0 Å². The topological polar surface area (TPSA) is 15.3 Å². The standard InChI is InChI=1S/C12H16ClFN2/c1-16-5-4-11(8-16)15-7-9-6-10(14)2-3-12(9)13/h2-3,6,11,15H,4-5,7-8H2,1H3. The van der Waals surface area contributed by atoms with Gasteiger partial charge in [0, 0.05) is 24.2 Å². The van der Waals surface area contributed by atoms with Crippen LogP contribution < -0.4 is 5.32 Å². The number of hydrogen-bond donors (Lipinski definition) is 1. The number of benzene rings is 1. The van der Waals surface area contributed by atoms with Crippen LogP contribution in [0.4, 0.5) is 4.39 Å². The van der Waals surface area contributed by atoms with Crippen LogP contribution in [0.25, 0.3) is 0 Å². The molecule has 0 aliphatic carbocycles. The lowest BCUT2D eigenvalue weighted by molar-refractivity contribution is 0.397. The van der Waals surface area contributed by atoms with Gasteiger partial charge in [-0.1, -0.05) is 11.6 Å². The van der Waals surface area contributed by atoms with Crippen LogP contribution in [0.1, 0.15) is 12.0 Å². The Hall–Kier alpha value is -0.640. The third-order valence-corrected chi connectivity index (χ3v) is 3.35. The Morgan fingerprint density at radius 2 is 2.38 bits per heavy atom. The second-order valence-corrected chi connectivity index (χ2v) is 4.77. The molecule has 2 nitrogen and oxygen atoms in total. The van der Waals surface area contributed by atoms with Crippen LogP contribution in [0.3, 0.4) is 0 Å². The molecule has 1 aliphatic heterocycles. The maximum atomic E-state index is 13.0. The summed E-state index contributed by atoms with van der Waals surface area (Å²) in [6, 6.07) is 4.97. The molecule has 0 aromatic heterocycles. The fraction of sp³-hybridized carbons (Fsp3) is 0.500. The predicted molar refractivity (Wildman–Crippen MR) is 64.2 cm³/mol. The molecule has 1 unspecified atom stereocenters. The summed E-state index contributed by atoms with van der Waals surface area (Å²) in [5, 5.41) is 4.03. The molecular formula is C12H16ClFN2. The molecule has 4 heteroatoms. The first-order chi connectivity index (χ1) is 7.65. The fourth-order valence-corrected chi connectivity index (χ4v) is 2.22. The quantitative estimate of drug-likeness (QED) is 0.875. The molecule has 16 heavy (non-hydrogen) atoms. The molecule has 0 saturated carbocycles. The lowest BCUT2D eigenvalue weighted by Crippen LogP contribution is -2.31. The van der Waals surface area contributed by atoms with Crippen LogP contribution in [0, 0.1) is 5.82 Å². The second-order valence-electron chi connectivity index (χ2n) is 4.36. The number of nitrogens with one attached hydrogen (secondary N) is 1. The Kier molecular flexibility index (Phi) is 3.79. The first kappa shape index (κ1) is 11.8. The van der Waals surface area contributed by atoms with Crippen LogP contribution in [-0.4, -0.2) is 31.1 Å². The Labute approximate surface area is 100 Å². The maximum Gasteiger partial charge on any atom is 0.123 e. The average Bonchev–Trinajstić information content (AvgIpc) is 2.66. The van der Waals surface area contributed by atoms with E-state index < -0.39 is 0 Å². The molecule has 0 spiro atoms. The normalized spacial score (nSPS) is 21.6. The highest BCUT2D eigenvalue weighted by atomic mass is 35.5. The lowest BCUT2D eigenvalue weighted by Gasteiger charge is -2.13. The molecule has 0 amide bonds. The van der Waals surface area contributed by atoms with Crippen molar-refractivity contribution in [1.29, 1.82) is 0 Å². The van der Waals surface area contributed by atoms with E-state index in [0.717, 1.165) is 25.1 Å². The van der Waals surface area contributed by atoms with E-state index in [1.54, 1.807) is 6.07 Å². The minimum absolute atomic E-state index is 0.232. The largest absolute Gasteiger partial charge is 0.309 e. The highest BCUT2D eigenvalue weighted by molar-refractivity contribution is 6.31. The van der Waals surface area contributed by atoms with Gasteiger partial charge in [-0.3, -0.25) is 0 Å². The highest BCUT2D eigenvalue weighted by Crippen LogP contribution is 2.17. The summed E-state index contributed by atoms with van der Waals surface area (Å²) in [6.07, 6.45) is 1.14. The average molecular weight is 243 g/mol. The third kappa shape index (κ3) is 2.94. The fourth-order valence-electron chi connectivity index (χ4n) is 2.03. The van der Waals surface area contributed by atoms with Gasteiger partial charge < -0.3 is 10.2 Å². The van der Waals surface area contributed by atoms with Gasteiger partial charge in [-0.25, -0.2) is 4.39 Å². The summed E-state index contributed by atoms with van der Waals surface area (Å²) in [4.78, 5) is 2.28. The number of rotatable bonds is 3. The maximum absolute atomic E-state index is 13.0. The van der Waals surface area contributed by atoms with E-state index in [-0.39, 0.29) is 5.82 Å². The van der Waals surface area contributed by atoms with Crippen molar-refractivity contribution in [3.05, 3.63) is 34.6 Å². The third-order valence-electron chi connectivity index (χ3n) is 2.98. The Morgan fingerprint density at radius 3 is 3.06 bits per heavy atom. The van der Waals surface area contributed by atoms with Crippen molar-refractivity contribution in [1.82, 2.24) is 10.2 Å². The summed E-state index contributed by atoms with van der Waals surface area (Å²) in [5.41, 5.74) is 0.830. The summed E-state index contributed by atoms with van der Waals surface area (Å²) in [7, 11) is 2.11. The first-order valence-corrected chi connectivity index (χ1v) is 5.89. The first-order valence-electron chi connectivity index (χ1n) is 5.51. The van der Waals surface area contributed by atoms with Crippen molar-refractivity contribution < 1.29 is 4.39 Å². The zero-order valence-corrected chi connectivity index (χ0v) is 10.1. The van der Waals surface area contributed by atoms with E-state index in [1.165, 1.54) is 12.1 Å². The predicted octanol–water partition coefficient (Wildman–Crippen LogP) is 2.27. The molecule has 1 heterocycles. The Balaban J connectivity index is 1.91. The minimum atomic E-state index is -0.232. The van der Waals surface area contributed by atoms with Gasteiger partial charge >= 0.3 is 0 Å². The Morgan fingerprint density at radius 1 is 1.56 bits per heavy atom. The lowest BCUT2D eigenvalue weighted by atomic mass is 10.2.